The van der Waals surface area contributed by atoms with Crippen molar-refractivity contribution in [1.29, 1.82) is 5.26 Å². The molecular formula is C18H17N5OS3. The summed E-state index contributed by atoms with van der Waals surface area (Å²) < 4.78 is 2.17. The minimum Gasteiger partial charge on any atom is -0.303 e. The zero-order valence-corrected chi connectivity index (χ0v) is 17.1. The lowest BCUT2D eigenvalue weighted by atomic mass is 10.1. The zero-order chi connectivity index (χ0) is 18.8. The average molecular weight is 416 g/mol. The molecule has 0 radical (unpaired) electrons. The van der Waals surface area contributed by atoms with E-state index in [1.165, 1.54) is 28.0 Å². The summed E-state index contributed by atoms with van der Waals surface area (Å²) in [5, 5.41) is 23.4. The Balaban J connectivity index is 1.47. The molecule has 6 nitrogen and oxygen atoms in total. The number of thiazole rings is 1. The molecule has 1 aliphatic rings. The molecule has 3 heterocycles. The van der Waals surface area contributed by atoms with E-state index < -0.39 is 5.92 Å². The maximum atomic E-state index is 12.6. The quantitative estimate of drug-likeness (QED) is 0.517. The first kappa shape index (κ1) is 18.3. The standard InChI is InChI=1S/C18H17N5OS3/c1-11-9-26-17(20-11)14(8-19)15(24)10-27-18-22-21-16(23(18)12-4-5-12)7-13-3-2-6-25-13/h2-3,6,9,12,14H,4-5,7,10H2,1H3/t14-/m1/s1. The number of aryl methyl sites for hydroxylation is 1. The van der Waals surface area contributed by atoms with Crippen molar-refractivity contribution in [3.8, 4) is 6.07 Å². The van der Waals surface area contributed by atoms with Gasteiger partial charge in [0.1, 0.15) is 10.8 Å². The van der Waals surface area contributed by atoms with E-state index in [2.05, 4.69) is 37.3 Å². The second-order valence-electron chi connectivity index (χ2n) is 6.40. The first-order chi connectivity index (χ1) is 13.2. The van der Waals surface area contributed by atoms with Crippen LogP contribution in [-0.2, 0) is 11.2 Å². The van der Waals surface area contributed by atoms with Gasteiger partial charge in [-0.25, -0.2) is 4.98 Å². The summed E-state index contributed by atoms with van der Waals surface area (Å²) in [7, 11) is 0. The van der Waals surface area contributed by atoms with E-state index in [4.69, 9.17) is 0 Å². The Morgan fingerprint density at radius 2 is 2.30 bits per heavy atom. The van der Waals surface area contributed by atoms with Gasteiger partial charge in [0.2, 0.25) is 0 Å². The second kappa shape index (κ2) is 7.92. The van der Waals surface area contributed by atoms with Crippen LogP contribution in [0.4, 0.5) is 0 Å². The molecule has 0 N–H and O–H groups in total. The molecule has 0 spiro atoms. The second-order valence-corrected chi connectivity index (χ2v) is 9.26. The van der Waals surface area contributed by atoms with Crippen molar-refractivity contribution in [2.45, 2.75) is 43.3 Å². The van der Waals surface area contributed by atoms with E-state index in [0.717, 1.165) is 35.9 Å². The molecule has 138 valence electrons. The van der Waals surface area contributed by atoms with Crippen LogP contribution in [0.15, 0.2) is 28.0 Å². The molecule has 0 saturated heterocycles. The molecule has 0 bridgehead atoms. The van der Waals surface area contributed by atoms with Gasteiger partial charge in [-0.15, -0.1) is 32.9 Å². The van der Waals surface area contributed by atoms with E-state index >= 15 is 0 Å². The smallest absolute Gasteiger partial charge is 0.191 e. The highest BCUT2D eigenvalue weighted by Gasteiger charge is 2.31. The highest BCUT2D eigenvalue weighted by atomic mass is 32.2. The molecule has 1 atom stereocenters. The molecule has 27 heavy (non-hydrogen) atoms. The number of carbonyl (C=O) groups is 1. The maximum Gasteiger partial charge on any atom is 0.191 e. The first-order valence-electron chi connectivity index (χ1n) is 8.59. The number of aromatic nitrogens is 4. The van der Waals surface area contributed by atoms with Gasteiger partial charge >= 0.3 is 0 Å². The van der Waals surface area contributed by atoms with Gasteiger partial charge in [0.05, 0.1) is 11.8 Å². The molecule has 1 saturated carbocycles. The van der Waals surface area contributed by atoms with Crippen LogP contribution in [0.3, 0.4) is 0 Å². The summed E-state index contributed by atoms with van der Waals surface area (Å²) in [6.45, 7) is 1.86. The number of rotatable bonds is 8. The Bertz CT molecular complexity index is 981. The number of carbonyl (C=O) groups excluding carboxylic acids is 1. The zero-order valence-electron chi connectivity index (χ0n) is 14.7. The number of thioether (sulfide) groups is 1. The van der Waals surface area contributed by atoms with Gasteiger partial charge in [-0.1, -0.05) is 17.8 Å². The van der Waals surface area contributed by atoms with Crippen molar-refractivity contribution in [2.24, 2.45) is 0 Å². The Labute approximate surface area is 169 Å². The molecule has 1 aliphatic carbocycles. The van der Waals surface area contributed by atoms with Crippen LogP contribution in [0.5, 0.6) is 0 Å². The van der Waals surface area contributed by atoms with Crippen molar-refractivity contribution in [2.75, 3.05) is 5.75 Å². The van der Waals surface area contributed by atoms with Gasteiger partial charge in [-0.3, -0.25) is 4.79 Å². The van der Waals surface area contributed by atoms with Gasteiger partial charge in [-0.05, 0) is 31.2 Å². The van der Waals surface area contributed by atoms with Crippen LogP contribution < -0.4 is 0 Å². The van der Waals surface area contributed by atoms with E-state index in [0.29, 0.717) is 11.0 Å². The third-order valence-electron chi connectivity index (χ3n) is 4.24. The molecule has 0 unspecified atom stereocenters. The van der Waals surface area contributed by atoms with Crippen LogP contribution >= 0.6 is 34.4 Å². The monoisotopic (exact) mass is 415 g/mol. The highest BCUT2D eigenvalue weighted by Crippen LogP contribution is 2.39. The highest BCUT2D eigenvalue weighted by molar-refractivity contribution is 7.99. The number of nitrogens with zero attached hydrogens (tertiary/aromatic N) is 5. The number of hydrogen-bond acceptors (Lipinski definition) is 8. The average Bonchev–Trinajstić information content (AvgIpc) is 3.04. The number of hydrogen-bond donors (Lipinski definition) is 0. The first-order valence-corrected chi connectivity index (χ1v) is 11.3. The van der Waals surface area contributed by atoms with Crippen molar-refractivity contribution < 1.29 is 4.79 Å². The Morgan fingerprint density at radius 1 is 1.44 bits per heavy atom. The summed E-state index contributed by atoms with van der Waals surface area (Å²) in [5.41, 5.74) is 0.836. The summed E-state index contributed by atoms with van der Waals surface area (Å²) in [6, 6.07) is 6.66. The van der Waals surface area contributed by atoms with Gasteiger partial charge in [0.25, 0.3) is 0 Å². The predicted molar refractivity (Wildman–Crippen MR) is 106 cm³/mol. The van der Waals surface area contributed by atoms with E-state index in [-0.39, 0.29) is 11.5 Å². The topological polar surface area (TPSA) is 84.5 Å². The van der Waals surface area contributed by atoms with Crippen LogP contribution in [0.25, 0.3) is 0 Å². The summed E-state index contributed by atoms with van der Waals surface area (Å²) in [4.78, 5) is 18.1. The van der Waals surface area contributed by atoms with Gasteiger partial charge in [0, 0.05) is 28.4 Å². The lowest BCUT2D eigenvalue weighted by Gasteiger charge is -2.09. The third kappa shape index (κ3) is 4.13. The molecular weight excluding hydrogens is 398 g/mol. The molecule has 0 amide bonds. The number of ketones is 1. The normalized spacial score (nSPS) is 14.8. The van der Waals surface area contributed by atoms with Crippen molar-refractivity contribution in [3.63, 3.8) is 0 Å². The summed E-state index contributed by atoms with van der Waals surface area (Å²) >= 11 is 4.44. The van der Waals surface area contributed by atoms with Crippen molar-refractivity contribution in [3.05, 3.63) is 44.3 Å². The Hall–Kier alpha value is -2.02. The largest absolute Gasteiger partial charge is 0.303 e. The van der Waals surface area contributed by atoms with Gasteiger partial charge in [-0.2, -0.15) is 5.26 Å². The lowest BCUT2D eigenvalue weighted by molar-refractivity contribution is -0.116. The molecule has 1 fully saturated rings. The predicted octanol–water partition coefficient (Wildman–Crippen LogP) is 4.00. The molecule has 0 aromatic carbocycles. The number of thiophene rings is 1. The van der Waals surface area contributed by atoms with Crippen LogP contribution in [-0.4, -0.2) is 31.3 Å². The lowest BCUT2D eigenvalue weighted by Crippen LogP contribution is -2.14. The fourth-order valence-corrected chi connectivity index (χ4v) is 5.28. The Kier molecular flexibility index (Phi) is 5.38. The fraction of sp³-hybridized carbons (Fsp3) is 0.389. The molecule has 3 aromatic rings. The van der Waals surface area contributed by atoms with E-state index in [1.54, 1.807) is 11.3 Å². The van der Waals surface area contributed by atoms with Gasteiger partial charge in [0.15, 0.2) is 16.9 Å². The van der Waals surface area contributed by atoms with E-state index in [9.17, 15) is 10.1 Å². The van der Waals surface area contributed by atoms with Crippen molar-refractivity contribution in [1.82, 2.24) is 19.7 Å². The molecule has 9 heteroatoms. The number of nitriles is 1. The van der Waals surface area contributed by atoms with Crippen molar-refractivity contribution >= 4 is 40.2 Å². The Morgan fingerprint density at radius 3 is 2.93 bits per heavy atom. The molecule has 0 aliphatic heterocycles. The molecule has 4 rings (SSSR count). The van der Waals surface area contributed by atoms with Crippen LogP contribution in [0, 0.1) is 18.3 Å². The molecule has 3 aromatic heterocycles. The van der Waals surface area contributed by atoms with E-state index in [1.807, 2.05) is 18.4 Å². The third-order valence-corrected chi connectivity index (χ3v) is 7.11. The van der Waals surface area contributed by atoms with Gasteiger partial charge < -0.3 is 4.57 Å². The van der Waals surface area contributed by atoms with Crippen LogP contribution in [0.2, 0.25) is 0 Å². The van der Waals surface area contributed by atoms with Crippen LogP contribution in [0.1, 0.15) is 46.2 Å². The minimum absolute atomic E-state index is 0.137. The number of Topliss-reactive ketones (excluding diaryl/α,β-unsaturated/α-hetero) is 1. The SMILES string of the molecule is Cc1csc([C@H](C#N)C(=O)CSc2nnc(Cc3cccs3)n2C2CC2)n1. The minimum atomic E-state index is -0.806. The fourth-order valence-electron chi connectivity index (χ4n) is 2.78. The maximum absolute atomic E-state index is 12.6. The summed E-state index contributed by atoms with van der Waals surface area (Å²) in [6.07, 6.45) is 3.00. The summed E-state index contributed by atoms with van der Waals surface area (Å²) in [5.74, 6) is 0.198.